The van der Waals surface area contributed by atoms with Gasteiger partial charge in [0.1, 0.15) is 0 Å². The number of anilines is 1. The van der Waals surface area contributed by atoms with Gasteiger partial charge in [-0.05, 0) is 48.7 Å². The summed E-state index contributed by atoms with van der Waals surface area (Å²) in [5, 5.41) is 9.52. The first-order chi connectivity index (χ1) is 16.0. The van der Waals surface area contributed by atoms with E-state index in [4.69, 9.17) is 4.52 Å². The van der Waals surface area contributed by atoms with Gasteiger partial charge in [-0.1, -0.05) is 24.2 Å². The Labute approximate surface area is 191 Å². The van der Waals surface area contributed by atoms with Crippen LogP contribution in [0.2, 0.25) is 0 Å². The Morgan fingerprint density at radius 1 is 1.12 bits per heavy atom. The van der Waals surface area contributed by atoms with Crippen molar-refractivity contribution in [1.82, 2.24) is 20.4 Å². The SMILES string of the molecule is CCCN(CCNC(=O)c1ccc2c(c1)CCC(=O)N2)C(=O)c1cccc(-c2ncon2)c1. The standard InChI is InChI=1S/C24H25N5O4/c1-2-11-29(24(32)19-5-3-4-17(14-19)22-26-15-33-28-22)12-10-25-23(31)18-6-8-20-16(13-18)7-9-21(30)27-20/h3-6,8,13-15H,2,7,9-12H2,1H3,(H,25,31)(H,27,30). The smallest absolute Gasteiger partial charge is 0.253 e. The van der Waals surface area contributed by atoms with Gasteiger partial charge in [0, 0.05) is 48.4 Å². The molecule has 9 heteroatoms. The number of aryl methyl sites for hydroxylation is 1. The van der Waals surface area contributed by atoms with Gasteiger partial charge in [-0.15, -0.1) is 0 Å². The number of nitrogens with one attached hydrogen (secondary N) is 2. The molecule has 2 heterocycles. The van der Waals surface area contributed by atoms with Gasteiger partial charge in [-0.3, -0.25) is 14.4 Å². The molecule has 170 valence electrons. The van der Waals surface area contributed by atoms with E-state index in [0.717, 1.165) is 17.7 Å². The van der Waals surface area contributed by atoms with E-state index in [9.17, 15) is 14.4 Å². The zero-order valence-corrected chi connectivity index (χ0v) is 18.3. The highest BCUT2D eigenvalue weighted by molar-refractivity contribution is 5.98. The summed E-state index contributed by atoms with van der Waals surface area (Å²) in [6.07, 6.45) is 3.07. The van der Waals surface area contributed by atoms with Gasteiger partial charge in [-0.2, -0.15) is 4.98 Å². The third-order valence-corrected chi connectivity index (χ3v) is 5.44. The normalized spacial score (nSPS) is 12.6. The lowest BCUT2D eigenvalue weighted by Crippen LogP contribution is -2.39. The average Bonchev–Trinajstić information content (AvgIpc) is 3.38. The summed E-state index contributed by atoms with van der Waals surface area (Å²) in [5.74, 6) is 0.0745. The van der Waals surface area contributed by atoms with Crippen molar-refractivity contribution in [2.75, 3.05) is 25.0 Å². The fourth-order valence-corrected chi connectivity index (χ4v) is 3.79. The molecule has 2 N–H and O–H groups in total. The van der Waals surface area contributed by atoms with Crippen LogP contribution in [0.5, 0.6) is 0 Å². The number of rotatable bonds is 8. The molecule has 0 atom stereocenters. The van der Waals surface area contributed by atoms with Crippen molar-refractivity contribution in [3.63, 3.8) is 0 Å². The largest absolute Gasteiger partial charge is 0.350 e. The molecule has 0 saturated carbocycles. The van der Waals surface area contributed by atoms with Crippen LogP contribution >= 0.6 is 0 Å². The molecule has 0 saturated heterocycles. The monoisotopic (exact) mass is 447 g/mol. The van der Waals surface area contributed by atoms with E-state index in [1.54, 1.807) is 35.2 Å². The molecule has 1 aliphatic rings. The van der Waals surface area contributed by atoms with Crippen molar-refractivity contribution in [2.45, 2.75) is 26.2 Å². The number of carbonyl (C=O) groups is 3. The maximum absolute atomic E-state index is 13.1. The van der Waals surface area contributed by atoms with Gasteiger partial charge in [0.25, 0.3) is 11.8 Å². The number of carbonyl (C=O) groups excluding carboxylic acids is 3. The topological polar surface area (TPSA) is 117 Å². The Kier molecular flexibility index (Phi) is 6.77. The maximum Gasteiger partial charge on any atom is 0.253 e. The number of hydrogen-bond donors (Lipinski definition) is 2. The molecule has 3 aromatic rings. The maximum atomic E-state index is 13.1. The minimum absolute atomic E-state index is 0.0109. The van der Waals surface area contributed by atoms with Crippen molar-refractivity contribution < 1.29 is 18.9 Å². The molecule has 9 nitrogen and oxygen atoms in total. The Hall–Kier alpha value is -4.01. The zero-order valence-electron chi connectivity index (χ0n) is 18.3. The Bertz CT molecular complexity index is 1160. The highest BCUT2D eigenvalue weighted by atomic mass is 16.5. The van der Waals surface area contributed by atoms with Crippen LogP contribution in [0.25, 0.3) is 11.4 Å². The van der Waals surface area contributed by atoms with E-state index in [0.29, 0.717) is 55.0 Å². The predicted octanol–water partition coefficient (Wildman–Crippen LogP) is 2.90. The quantitative estimate of drug-likeness (QED) is 0.548. The van der Waals surface area contributed by atoms with Gasteiger partial charge in [-0.25, -0.2) is 0 Å². The van der Waals surface area contributed by atoms with Crippen LogP contribution in [0.1, 0.15) is 46.0 Å². The number of fused-ring (bicyclic) bond motifs is 1. The van der Waals surface area contributed by atoms with Crippen molar-refractivity contribution in [3.05, 3.63) is 65.5 Å². The van der Waals surface area contributed by atoms with Crippen LogP contribution in [0.15, 0.2) is 53.4 Å². The lowest BCUT2D eigenvalue weighted by molar-refractivity contribution is -0.116. The van der Waals surface area contributed by atoms with Crippen molar-refractivity contribution in [2.24, 2.45) is 0 Å². The molecule has 3 amide bonds. The molecular weight excluding hydrogens is 422 g/mol. The van der Waals surface area contributed by atoms with Crippen molar-refractivity contribution in [1.29, 1.82) is 0 Å². The number of benzene rings is 2. The Morgan fingerprint density at radius 3 is 2.79 bits per heavy atom. The summed E-state index contributed by atoms with van der Waals surface area (Å²) in [7, 11) is 0. The summed E-state index contributed by atoms with van der Waals surface area (Å²) in [5.41, 5.74) is 3.46. The van der Waals surface area contributed by atoms with Gasteiger partial charge in [0.15, 0.2) is 0 Å². The molecule has 0 aliphatic carbocycles. The molecule has 1 aromatic heterocycles. The van der Waals surface area contributed by atoms with E-state index >= 15 is 0 Å². The second kappa shape index (κ2) is 10.1. The Balaban J connectivity index is 1.38. The van der Waals surface area contributed by atoms with E-state index in [2.05, 4.69) is 20.8 Å². The summed E-state index contributed by atoms with van der Waals surface area (Å²) in [4.78, 5) is 43.0. The van der Waals surface area contributed by atoms with Gasteiger partial charge in [0.2, 0.25) is 18.1 Å². The number of amides is 3. The van der Waals surface area contributed by atoms with Gasteiger partial charge < -0.3 is 20.1 Å². The summed E-state index contributed by atoms with van der Waals surface area (Å²) < 4.78 is 4.79. The molecule has 2 aromatic carbocycles. The number of nitrogens with zero attached hydrogens (tertiary/aromatic N) is 3. The minimum Gasteiger partial charge on any atom is -0.350 e. The first-order valence-electron chi connectivity index (χ1n) is 10.9. The van der Waals surface area contributed by atoms with Crippen LogP contribution in [0.4, 0.5) is 5.69 Å². The lowest BCUT2D eigenvalue weighted by Gasteiger charge is -2.23. The van der Waals surface area contributed by atoms with E-state index in [-0.39, 0.29) is 17.7 Å². The van der Waals surface area contributed by atoms with Gasteiger partial charge in [0.05, 0.1) is 0 Å². The zero-order chi connectivity index (χ0) is 23.2. The summed E-state index contributed by atoms with van der Waals surface area (Å²) in [6.45, 7) is 3.27. The average molecular weight is 447 g/mol. The van der Waals surface area contributed by atoms with E-state index in [1.807, 2.05) is 19.1 Å². The van der Waals surface area contributed by atoms with Crippen molar-refractivity contribution in [3.8, 4) is 11.4 Å². The second-order valence-electron chi connectivity index (χ2n) is 7.80. The third kappa shape index (κ3) is 5.25. The van der Waals surface area contributed by atoms with Crippen LogP contribution in [-0.4, -0.2) is 52.4 Å². The van der Waals surface area contributed by atoms with Crippen LogP contribution in [-0.2, 0) is 11.2 Å². The van der Waals surface area contributed by atoms with E-state index in [1.165, 1.54) is 6.39 Å². The van der Waals surface area contributed by atoms with Crippen molar-refractivity contribution >= 4 is 23.4 Å². The van der Waals surface area contributed by atoms with Crippen LogP contribution < -0.4 is 10.6 Å². The van der Waals surface area contributed by atoms with Gasteiger partial charge >= 0.3 is 0 Å². The first-order valence-corrected chi connectivity index (χ1v) is 10.9. The highest BCUT2D eigenvalue weighted by Crippen LogP contribution is 2.23. The summed E-state index contributed by atoms with van der Waals surface area (Å²) in [6, 6.07) is 12.3. The van der Waals surface area contributed by atoms with Crippen LogP contribution in [0, 0.1) is 0 Å². The molecule has 33 heavy (non-hydrogen) atoms. The summed E-state index contributed by atoms with van der Waals surface area (Å²) >= 11 is 0. The van der Waals surface area contributed by atoms with E-state index < -0.39 is 0 Å². The molecular formula is C24H25N5O4. The Morgan fingerprint density at radius 2 is 2.00 bits per heavy atom. The predicted molar refractivity (Wildman–Crippen MR) is 122 cm³/mol. The molecule has 0 fully saturated rings. The molecule has 0 unspecified atom stereocenters. The number of hydrogen-bond acceptors (Lipinski definition) is 6. The second-order valence-corrected chi connectivity index (χ2v) is 7.80. The molecule has 0 bridgehead atoms. The molecule has 1 aliphatic heterocycles. The molecule has 4 rings (SSSR count). The highest BCUT2D eigenvalue weighted by Gasteiger charge is 2.19. The lowest BCUT2D eigenvalue weighted by atomic mass is 10.00. The fourth-order valence-electron chi connectivity index (χ4n) is 3.79. The van der Waals surface area contributed by atoms with Crippen LogP contribution in [0.3, 0.4) is 0 Å². The fraction of sp³-hybridized carbons (Fsp3) is 0.292. The molecule has 0 spiro atoms. The first kappa shape index (κ1) is 22.2. The molecule has 0 radical (unpaired) electrons. The number of aromatic nitrogens is 2. The minimum atomic E-state index is -0.210. The third-order valence-electron chi connectivity index (χ3n) is 5.44.